The Bertz CT molecular complexity index is 518. The second kappa shape index (κ2) is 4.42. The number of rotatable bonds is 3. The maximum Gasteiger partial charge on any atom is 0.231 e. The van der Waals surface area contributed by atoms with Gasteiger partial charge in [0.25, 0.3) is 0 Å². The Hall–Kier alpha value is -1.75. The van der Waals surface area contributed by atoms with E-state index in [0.29, 0.717) is 12.3 Å². The third-order valence-corrected chi connectivity index (χ3v) is 4.15. The number of ether oxygens (including phenoxy) is 2. The molecule has 102 valence electrons. The number of carbonyl (C=O) groups is 1. The van der Waals surface area contributed by atoms with Crippen LogP contribution in [0.25, 0.3) is 0 Å². The zero-order chi connectivity index (χ0) is 13.5. The molecule has 0 spiro atoms. The summed E-state index contributed by atoms with van der Waals surface area (Å²) in [7, 11) is 0. The van der Waals surface area contributed by atoms with Crippen molar-refractivity contribution in [2.24, 2.45) is 11.1 Å². The van der Waals surface area contributed by atoms with Crippen LogP contribution in [-0.4, -0.2) is 19.2 Å². The average Bonchev–Trinajstić information content (AvgIpc) is 2.75. The number of anilines is 1. The topological polar surface area (TPSA) is 73.6 Å². The number of carbonyl (C=O) groups excluding carboxylic acids is 1. The van der Waals surface area contributed by atoms with Crippen molar-refractivity contribution in [1.82, 2.24) is 0 Å². The van der Waals surface area contributed by atoms with Gasteiger partial charge in [-0.1, -0.05) is 6.42 Å². The molecule has 1 aliphatic heterocycles. The van der Waals surface area contributed by atoms with E-state index in [1.807, 2.05) is 19.1 Å². The van der Waals surface area contributed by atoms with Gasteiger partial charge in [-0.25, -0.2) is 0 Å². The molecule has 0 unspecified atom stereocenters. The third kappa shape index (κ3) is 1.94. The molecule has 0 radical (unpaired) electrons. The molecule has 1 aromatic carbocycles. The lowest BCUT2D eigenvalue weighted by atomic mass is 9.68. The Labute approximate surface area is 112 Å². The van der Waals surface area contributed by atoms with Crippen LogP contribution in [0.5, 0.6) is 11.5 Å². The highest BCUT2D eigenvalue weighted by molar-refractivity contribution is 5.97. The van der Waals surface area contributed by atoms with Gasteiger partial charge >= 0.3 is 0 Å². The number of nitrogens with one attached hydrogen (secondary N) is 1. The number of benzene rings is 1. The molecule has 3 N–H and O–H groups in total. The van der Waals surface area contributed by atoms with Crippen molar-refractivity contribution in [3.8, 4) is 11.5 Å². The SMILES string of the molecule is Cc1cc2c(cc1NC(=O)C1(CN)CCC1)OCO2. The van der Waals surface area contributed by atoms with E-state index in [-0.39, 0.29) is 18.1 Å². The fourth-order valence-electron chi connectivity index (χ4n) is 2.56. The van der Waals surface area contributed by atoms with Crippen LogP contribution in [-0.2, 0) is 4.79 Å². The van der Waals surface area contributed by atoms with Crippen LogP contribution >= 0.6 is 0 Å². The minimum Gasteiger partial charge on any atom is -0.454 e. The number of hydrogen-bond acceptors (Lipinski definition) is 4. The fourth-order valence-corrected chi connectivity index (χ4v) is 2.56. The summed E-state index contributed by atoms with van der Waals surface area (Å²) < 4.78 is 10.6. The lowest BCUT2D eigenvalue weighted by Crippen LogP contribution is -2.47. The summed E-state index contributed by atoms with van der Waals surface area (Å²) in [5.74, 6) is 1.42. The summed E-state index contributed by atoms with van der Waals surface area (Å²) in [6.07, 6.45) is 2.82. The minimum absolute atomic E-state index is 0.0169. The molecule has 0 saturated heterocycles. The summed E-state index contributed by atoms with van der Waals surface area (Å²) in [6, 6.07) is 3.70. The second-order valence-electron chi connectivity index (χ2n) is 5.31. The summed E-state index contributed by atoms with van der Waals surface area (Å²) in [6.45, 7) is 2.58. The first kappa shape index (κ1) is 12.3. The lowest BCUT2D eigenvalue weighted by molar-refractivity contribution is -0.129. The van der Waals surface area contributed by atoms with Gasteiger partial charge in [0.2, 0.25) is 12.7 Å². The Morgan fingerprint density at radius 2 is 2.05 bits per heavy atom. The zero-order valence-electron chi connectivity index (χ0n) is 11.0. The molecule has 1 amide bonds. The highest BCUT2D eigenvalue weighted by atomic mass is 16.7. The van der Waals surface area contributed by atoms with Crippen LogP contribution in [0, 0.1) is 12.3 Å². The maximum absolute atomic E-state index is 12.3. The van der Waals surface area contributed by atoms with Crippen LogP contribution in [0.3, 0.4) is 0 Å². The van der Waals surface area contributed by atoms with Crippen LogP contribution < -0.4 is 20.5 Å². The first-order valence-electron chi connectivity index (χ1n) is 6.56. The van der Waals surface area contributed by atoms with E-state index in [0.717, 1.165) is 36.3 Å². The van der Waals surface area contributed by atoms with Crippen LogP contribution in [0.2, 0.25) is 0 Å². The van der Waals surface area contributed by atoms with Crippen molar-refractivity contribution >= 4 is 11.6 Å². The van der Waals surface area contributed by atoms with E-state index in [9.17, 15) is 4.79 Å². The van der Waals surface area contributed by atoms with E-state index in [1.54, 1.807) is 0 Å². The van der Waals surface area contributed by atoms with E-state index < -0.39 is 0 Å². The van der Waals surface area contributed by atoms with Gasteiger partial charge in [0.05, 0.1) is 5.41 Å². The maximum atomic E-state index is 12.3. The van der Waals surface area contributed by atoms with Crippen molar-refractivity contribution in [3.05, 3.63) is 17.7 Å². The Kier molecular flexibility index (Phi) is 2.86. The molecule has 0 bridgehead atoms. The summed E-state index contributed by atoms with van der Waals surface area (Å²) in [5, 5.41) is 2.98. The van der Waals surface area contributed by atoms with E-state index in [4.69, 9.17) is 15.2 Å². The van der Waals surface area contributed by atoms with Gasteiger partial charge in [-0.3, -0.25) is 4.79 Å². The number of aryl methyl sites for hydroxylation is 1. The quantitative estimate of drug-likeness (QED) is 0.871. The molecule has 1 aliphatic carbocycles. The normalized spacial score (nSPS) is 18.8. The van der Waals surface area contributed by atoms with Gasteiger partial charge in [-0.05, 0) is 31.4 Å². The Balaban J connectivity index is 1.82. The number of nitrogens with two attached hydrogens (primary N) is 1. The largest absolute Gasteiger partial charge is 0.454 e. The smallest absolute Gasteiger partial charge is 0.231 e. The molecule has 2 aliphatic rings. The van der Waals surface area contributed by atoms with Crippen molar-refractivity contribution in [1.29, 1.82) is 0 Å². The molecule has 5 nitrogen and oxygen atoms in total. The number of fused-ring (bicyclic) bond motifs is 1. The van der Waals surface area contributed by atoms with Crippen LogP contribution in [0.1, 0.15) is 24.8 Å². The summed E-state index contributed by atoms with van der Waals surface area (Å²) in [4.78, 5) is 12.3. The van der Waals surface area contributed by atoms with Gasteiger partial charge in [0, 0.05) is 18.3 Å². The zero-order valence-corrected chi connectivity index (χ0v) is 11.0. The van der Waals surface area contributed by atoms with Crippen LogP contribution in [0.15, 0.2) is 12.1 Å². The van der Waals surface area contributed by atoms with Crippen molar-refractivity contribution < 1.29 is 14.3 Å². The molecule has 1 fully saturated rings. The molecule has 5 heteroatoms. The molecular formula is C14H18N2O3. The lowest BCUT2D eigenvalue weighted by Gasteiger charge is -2.39. The second-order valence-corrected chi connectivity index (χ2v) is 5.31. The standard InChI is InChI=1S/C14H18N2O3/c1-9-5-11-12(19-8-18-11)6-10(9)16-13(17)14(7-15)3-2-4-14/h5-6H,2-4,7-8,15H2,1H3,(H,16,17). The molecule has 1 heterocycles. The Morgan fingerprint density at radius 3 is 2.63 bits per heavy atom. The first-order valence-corrected chi connectivity index (χ1v) is 6.56. The monoisotopic (exact) mass is 262 g/mol. The Morgan fingerprint density at radius 1 is 1.37 bits per heavy atom. The van der Waals surface area contributed by atoms with Crippen LogP contribution in [0.4, 0.5) is 5.69 Å². The number of hydrogen-bond donors (Lipinski definition) is 2. The summed E-state index contributed by atoms with van der Waals surface area (Å²) >= 11 is 0. The predicted octanol–water partition coefficient (Wildman–Crippen LogP) is 1.79. The molecule has 19 heavy (non-hydrogen) atoms. The average molecular weight is 262 g/mol. The molecule has 3 rings (SSSR count). The molecular weight excluding hydrogens is 244 g/mol. The molecule has 1 aromatic rings. The minimum atomic E-state index is -0.372. The van der Waals surface area contributed by atoms with Gasteiger partial charge < -0.3 is 20.5 Å². The number of amides is 1. The van der Waals surface area contributed by atoms with Crippen molar-refractivity contribution in [3.63, 3.8) is 0 Å². The highest BCUT2D eigenvalue weighted by Crippen LogP contribution is 2.42. The summed E-state index contributed by atoms with van der Waals surface area (Å²) in [5.41, 5.74) is 7.11. The van der Waals surface area contributed by atoms with E-state index in [1.165, 1.54) is 0 Å². The third-order valence-electron chi connectivity index (χ3n) is 4.15. The van der Waals surface area contributed by atoms with Gasteiger partial charge in [0.15, 0.2) is 11.5 Å². The fraction of sp³-hybridized carbons (Fsp3) is 0.500. The molecule has 1 saturated carbocycles. The van der Waals surface area contributed by atoms with Gasteiger partial charge in [0.1, 0.15) is 0 Å². The molecule has 0 aromatic heterocycles. The van der Waals surface area contributed by atoms with E-state index >= 15 is 0 Å². The first-order chi connectivity index (χ1) is 9.14. The van der Waals surface area contributed by atoms with Crippen molar-refractivity contribution in [2.75, 3.05) is 18.7 Å². The predicted molar refractivity (Wildman–Crippen MR) is 71.3 cm³/mol. The van der Waals surface area contributed by atoms with Gasteiger partial charge in [-0.2, -0.15) is 0 Å². The van der Waals surface area contributed by atoms with Gasteiger partial charge in [-0.15, -0.1) is 0 Å². The highest BCUT2D eigenvalue weighted by Gasteiger charge is 2.43. The molecule has 0 atom stereocenters. The van der Waals surface area contributed by atoms with Crippen molar-refractivity contribution in [2.45, 2.75) is 26.2 Å². The van der Waals surface area contributed by atoms with E-state index in [2.05, 4.69) is 5.32 Å².